The van der Waals surface area contributed by atoms with Gasteiger partial charge in [-0.05, 0) is 78.7 Å². The lowest BCUT2D eigenvalue weighted by atomic mass is 9.86. The number of hydrogen-bond acceptors (Lipinski definition) is 5. The molecule has 3 rings (SSSR count). The number of carboxylic acid groups (broad SMARTS) is 1. The number of rotatable bonds is 6. The molecule has 0 aromatic carbocycles. The van der Waals surface area contributed by atoms with Crippen molar-refractivity contribution in [1.82, 2.24) is 0 Å². The molecule has 0 spiro atoms. The Bertz CT molecular complexity index is 1090. The second-order valence-electron chi connectivity index (χ2n) is 11.1. The summed E-state index contributed by atoms with van der Waals surface area (Å²) >= 11 is 1.13. The lowest BCUT2D eigenvalue weighted by molar-refractivity contribution is -0.123. The lowest BCUT2D eigenvalue weighted by Crippen LogP contribution is -2.46. The van der Waals surface area contributed by atoms with Gasteiger partial charge in [-0.1, -0.05) is 23.5 Å². The summed E-state index contributed by atoms with van der Waals surface area (Å²) in [5.41, 5.74) is 1.53. The Morgan fingerprint density at radius 2 is 1.83 bits per heavy atom. The molecule has 0 bridgehead atoms. The van der Waals surface area contributed by atoms with Gasteiger partial charge in [-0.25, -0.2) is 4.79 Å². The van der Waals surface area contributed by atoms with Crippen molar-refractivity contribution in [2.75, 3.05) is 18.2 Å². The molecule has 8 heteroatoms. The molecule has 1 aromatic rings. The number of allylic oxidation sites excluding steroid dienone is 2. The van der Waals surface area contributed by atoms with Crippen LogP contribution in [0.3, 0.4) is 0 Å². The molecule has 35 heavy (non-hydrogen) atoms. The van der Waals surface area contributed by atoms with E-state index in [4.69, 9.17) is 4.52 Å². The second kappa shape index (κ2) is 11.0. The lowest BCUT2D eigenvalue weighted by Gasteiger charge is -2.39. The summed E-state index contributed by atoms with van der Waals surface area (Å²) in [4.78, 5) is 28.7. The minimum atomic E-state index is -2.60. The third-order valence-electron chi connectivity index (χ3n) is 6.36. The zero-order valence-electron chi connectivity index (χ0n) is 21.7. The van der Waals surface area contributed by atoms with Gasteiger partial charge in [-0.2, -0.15) is 0 Å². The zero-order chi connectivity index (χ0) is 26.0. The van der Waals surface area contributed by atoms with Crippen molar-refractivity contribution < 1.29 is 23.8 Å². The first-order valence-corrected chi connectivity index (χ1v) is 15.7. The highest BCUT2D eigenvalue weighted by Gasteiger charge is 2.37. The summed E-state index contributed by atoms with van der Waals surface area (Å²) in [5, 5.41) is 10.0. The highest BCUT2D eigenvalue weighted by atomic mass is 32.1. The van der Waals surface area contributed by atoms with Crippen LogP contribution in [0.25, 0.3) is 0 Å². The van der Waals surface area contributed by atoms with Gasteiger partial charge < -0.3 is 14.5 Å². The molecule has 1 aromatic heterocycles. The highest BCUT2D eigenvalue weighted by Crippen LogP contribution is 2.44. The topological polar surface area (TPSA) is 83.9 Å². The van der Waals surface area contributed by atoms with Crippen LogP contribution < -0.4 is 4.90 Å². The largest absolute Gasteiger partial charge is 0.477 e. The van der Waals surface area contributed by atoms with Gasteiger partial charge >= 0.3 is 5.97 Å². The molecule has 0 aliphatic heterocycles. The van der Waals surface area contributed by atoms with Crippen molar-refractivity contribution in [3.63, 3.8) is 0 Å². The van der Waals surface area contributed by atoms with Crippen molar-refractivity contribution in [3.05, 3.63) is 27.5 Å². The van der Waals surface area contributed by atoms with Gasteiger partial charge in [0.05, 0.1) is 16.7 Å². The molecule has 2 aliphatic rings. The third-order valence-corrected chi connectivity index (χ3v) is 8.20. The number of hydrogen-bond donors (Lipinski definition) is 1. The molecule has 0 saturated heterocycles. The van der Waals surface area contributed by atoms with Crippen molar-refractivity contribution in [2.24, 2.45) is 11.3 Å². The number of carbonyl (C=O) groups is 2. The molecule has 0 radical (unpaired) electrons. The first-order chi connectivity index (χ1) is 16.2. The fourth-order valence-electron chi connectivity index (χ4n) is 4.67. The number of thiophene rings is 1. The minimum absolute atomic E-state index is 0.00889. The van der Waals surface area contributed by atoms with Crippen molar-refractivity contribution in [1.29, 1.82) is 0 Å². The van der Waals surface area contributed by atoms with E-state index in [1.165, 1.54) is 5.57 Å². The number of aromatic carboxylic acids is 1. The van der Waals surface area contributed by atoms with Crippen molar-refractivity contribution in [2.45, 2.75) is 84.8 Å². The third kappa shape index (κ3) is 7.81. The van der Waals surface area contributed by atoms with Crippen LogP contribution in [0.2, 0.25) is 0 Å². The van der Waals surface area contributed by atoms with Crippen LogP contribution in [0.1, 0.15) is 87.2 Å². The molecule has 1 saturated carbocycles. The molecule has 192 valence electrons. The number of anilines is 1. The average molecular weight is 520 g/mol. The summed E-state index contributed by atoms with van der Waals surface area (Å²) in [5.74, 6) is 5.08. The van der Waals surface area contributed by atoms with E-state index in [2.05, 4.69) is 24.8 Å². The molecule has 1 N–H and O–H groups in total. The first kappa shape index (κ1) is 27.7. The van der Waals surface area contributed by atoms with Crippen LogP contribution in [0.15, 0.2) is 17.7 Å². The van der Waals surface area contributed by atoms with Crippen molar-refractivity contribution >= 4 is 36.3 Å². The number of carbonyl (C=O) groups excluding carboxylic acids is 1. The second-order valence-corrected chi connectivity index (χ2v) is 14.9. The Morgan fingerprint density at radius 1 is 1.17 bits per heavy atom. The molecular weight excluding hydrogens is 481 g/mol. The van der Waals surface area contributed by atoms with Crippen molar-refractivity contribution in [3.8, 4) is 11.8 Å². The SMILES string of the molecule is CC1=CCC(C(=O)N(c2cc(C#CC(C)(C)C)sc2C(=O)O)C2CCC(OP(C)(C)=O)CC2)CC1. The summed E-state index contributed by atoms with van der Waals surface area (Å²) in [7, 11) is -2.60. The maximum Gasteiger partial charge on any atom is 0.348 e. The molecule has 1 unspecified atom stereocenters. The smallest absolute Gasteiger partial charge is 0.348 e. The molecule has 1 fully saturated rings. The molecule has 6 nitrogen and oxygen atoms in total. The summed E-state index contributed by atoms with van der Waals surface area (Å²) in [6.45, 7) is 11.4. The van der Waals surface area contributed by atoms with Crippen LogP contribution in [-0.4, -0.2) is 42.5 Å². The fourth-order valence-corrected chi connectivity index (χ4v) is 6.44. The van der Waals surface area contributed by atoms with E-state index in [-0.39, 0.29) is 34.3 Å². The molecule has 1 amide bonds. The standard InChI is InChI=1S/C27H38NO5PS/c1-18-7-9-19(10-8-18)25(29)28(20-11-13-21(14-12-20)33-34(5,6)32)23-17-22(15-16-27(2,3)4)35-24(23)26(30)31/h7,17,19-21H,8-14H2,1-6H3,(H,30,31). The molecule has 2 aliphatic carbocycles. The van der Waals surface area contributed by atoms with Crippen LogP contribution in [0.5, 0.6) is 0 Å². The van der Waals surface area contributed by atoms with E-state index < -0.39 is 13.3 Å². The molecule has 1 atom stereocenters. The van der Waals surface area contributed by atoms with Gasteiger partial charge in [0.1, 0.15) is 4.88 Å². The Kier molecular flexibility index (Phi) is 8.73. The summed E-state index contributed by atoms with van der Waals surface area (Å²) in [6.07, 6.45) is 7.09. The van der Waals surface area contributed by atoms with Gasteiger partial charge in [0.15, 0.2) is 7.37 Å². The van der Waals surface area contributed by atoms with E-state index in [9.17, 15) is 19.3 Å². The predicted octanol–water partition coefficient (Wildman–Crippen LogP) is 6.79. The minimum Gasteiger partial charge on any atom is -0.477 e. The summed E-state index contributed by atoms with van der Waals surface area (Å²) < 4.78 is 17.9. The van der Waals surface area contributed by atoms with E-state index in [1.54, 1.807) is 24.3 Å². The molecular formula is C27H38NO5PS. The van der Waals surface area contributed by atoms with E-state index in [0.717, 1.165) is 24.2 Å². The van der Waals surface area contributed by atoms with E-state index in [1.807, 2.05) is 20.8 Å². The number of nitrogens with zero attached hydrogens (tertiary/aromatic N) is 1. The maximum absolute atomic E-state index is 13.9. The van der Waals surface area contributed by atoms with Crippen LogP contribution in [0, 0.1) is 23.2 Å². The Balaban J connectivity index is 1.96. The van der Waals surface area contributed by atoms with Crippen LogP contribution >= 0.6 is 18.7 Å². The van der Waals surface area contributed by atoms with Crippen LogP contribution in [-0.2, 0) is 13.9 Å². The fraction of sp³-hybridized carbons (Fsp3) is 0.630. The monoisotopic (exact) mass is 519 g/mol. The quantitative estimate of drug-likeness (QED) is 0.254. The van der Waals surface area contributed by atoms with Gasteiger partial charge in [0, 0.05) is 30.7 Å². The van der Waals surface area contributed by atoms with Gasteiger partial charge in [-0.15, -0.1) is 11.3 Å². The summed E-state index contributed by atoms with van der Waals surface area (Å²) in [6, 6.07) is 1.65. The van der Waals surface area contributed by atoms with Crippen LogP contribution in [0.4, 0.5) is 5.69 Å². The van der Waals surface area contributed by atoms with Gasteiger partial charge in [0.25, 0.3) is 0 Å². The Morgan fingerprint density at radius 3 is 2.34 bits per heavy atom. The normalized spacial score (nSPS) is 23.1. The first-order valence-electron chi connectivity index (χ1n) is 12.4. The zero-order valence-corrected chi connectivity index (χ0v) is 23.4. The van der Waals surface area contributed by atoms with Gasteiger partial charge in [0.2, 0.25) is 5.91 Å². The Hall–Kier alpha value is -1.87. The maximum atomic E-state index is 13.9. The number of amides is 1. The van der Waals surface area contributed by atoms with E-state index in [0.29, 0.717) is 42.7 Å². The Labute approximate surface area is 213 Å². The highest BCUT2D eigenvalue weighted by molar-refractivity contribution is 7.57. The van der Waals surface area contributed by atoms with E-state index >= 15 is 0 Å². The average Bonchev–Trinajstić information content (AvgIpc) is 3.17. The van der Waals surface area contributed by atoms with Gasteiger partial charge in [-0.3, -0.25) is 9.36 Å². The molecule has 1 heterocycles. The predicted molar refractivity (Wildman–Crippen MR) is 143 cm³/mol. The number of carboxylic acids is 1.